The van der Waals surface area contributed by atoms with Crippen LogP contribution in [-0.4, -0.2) is 48.0 Å². The van der Waals surface area contributed by atoms with Crippen molar-refractivity contribution in [2.24, 2.45) is 5.73 Å². The number of hydrogen-bond donors (Lipinski definition) is 4. The minimum absolute atomic E-state index is 0.450. The lowest BCUT2D eigenvalue weighted by Crippen LogP contribution is -2.52. The zero-order valence-electron chi connectivity index (χ0n) is 17.0. The lowest BCUT2D eigenvalue weighted by atomic mass is 9.96. The molecule has 0 saturated carbocycles. The Morgan fingerprint density at radius 1 is 1.00 bits per heavy atom. The molecule has 0 saturated heterocycles. The zero-order chi connectivity index (χ0) is 22.4. The van der Waals surface area contributed by atoms with Gasteiger partial charge in [-0.1, -0.05) is 24.3 Å². The standard InChI is InChI=1S/C21H25N3O6/c1-11(13-4-5-15-9-16(30-3)7-6-14(15)8-13)19(26)24-17(10-18(22)25)20(27)23-12(2)21(28)29/h4-9,11-12,17H,10H2,1-3H3,(H2,22,25)(H,23,27)(H,24,26)(H,28,29). The van der Waals surface area contributed by atoms with Crippen molar-refractivity contribution in [2.75, 3.05) is 7.11 Å². The average molecular weight is 415 g/mol. The van der Waals surface area contributed by atoms with Crippen LogP contribution in [0.5, 0.6) is 5.75 Å². The van der Waals surface area contributed by atoms with Gasteiger partial charge in [0.1, 0.15) is 17.8 Å². The summed E-state index contributed by atoms with van der Waals surface area (Å²) in [6.07, 6.45) is -0.450. The highest BCUT2D eigenvalue weighted by atomic mass is 16.5. The molecule has 0 aliphatic rings. The number of methoxy groups -OCH3 is 1. The SMILES string of the molecule is COc1ccc2cc(C(C)C(=O)NC(CC(N)=O)C(=O)NC(C)C(=O)O)ccc2c1. The number of aliphatic carboxylic acids is 1. The highest BCUT2D eigenvalue weighted by Gasteiger charge is 2.27. The van der Waals surface area contributed by atoms with Gasteiger partial charge in [-0.2, -0.15) is 0 Å². The van der Waals surface area contributed by atoms with E-state index in [1.807, 2.05) is 30.3 Å². The first-order valence-electron chi connectivity index (χ1n) is 9.32. The third-order valence-corrected chi connectivity index (χ3v) is 4.73. The molecule has 3 unspecified atom stereocenters. The number of rotatable bonds is 9. The molecule has 9 heteroatoms. The Bertz CT molecular complexity index is 974. The summed E-state index contributed by atoms with van der Waals surface area (Å²) in [5.74, 6) is -3.24. The van der Waals surface area contributed by atoms with Crippen molar-refractivity contribution >= 4 is 34.5 Å². The lowest BCUT2D eigenvalue weighted by Gasteiger charge is -2.21. The molecule has 0 fully saturated rings. The number of nitrogens with two attached hydrogens (primary N) is 1. The molecule has 2 aromatic rings. The molecule has 9 nitrogen and oxygen atoms in total. The van der Waals surface area contributed by atoms with Crippen LogP contribution >= 0.6 is 0 Å². The van der Waals surface area contributed by atoms with E-state index >= 15 is 0 Å². The number of primary amides is 1. The van der Waals surface area contributed by atoms with Crippen LogP contribution in [0, 0.1) is 0 Å². The molecule has 5 N–H and O–H groups in total. The molecule has 30 heavy (non-hydrogen) atoms. The third-order valence-electron chi connectivity index (χ3n) is 4.73. The van der Waals surface area contributed by atoms with Crippen LogP contribution in [-0.2, 0) is 19.2 Å². The molecule has 0 spiro atoms. The van der Waals surface area contributed by atoms with Crippen molar-refractivity contribution in [1.29, 1.82) is 0 Å². The van der Waals surface area contributed by atoms with Crippen molar-refractivity contribution in [3.8, 4) is 5.75 Å². The van der Waals surface area contributed by atoms with Crippen LogP contribution in [0.25, 0.3) is 10.8 Å². The third kappa shape index (κ3) is 5.69. The molecule has 3 atom stereocenters. The number of carbonyl (C=O) groups excluding carboxylic acids is 3. The molecule has 2 aromatic carbocycles. The molecule has 160 valence electrons. The lowest BCUT2D eigenvalue weighted by molar-refractivity contribution is -0.141. The molecular weight excluding hydrogens is 390 g/mol. The van der Waals surface area contributed by atoms with Gasteiger partial charge in [-0.05, 0) is 42.3 Å². The average Bonchev–Trinajstić information content (AvgIpc) is 2.71. The van der Waals surface area contributed by atoms with Gasteiger partial charge in [-0.3, -0.25) is 19.2 Å². The minimum atomic E-state index is -1.27. The second-order valence-electron chi connectivity index (χ2n) is 6.99. The summed E-state index contributed by atoms with van der Waals surface area (Å²) in [4.78, 5) is 47.3. The van der Waals surface area contributed by atoms with E-state index in [0.29, 0.717) is 5.56 Å². The second kappa shape index (κ2) is 9.73. The van der Waals surface area contributed by atoms with Gasteiger partial charge in [-0.25, -0.2) is 0 Å². The normalized spacial score (nSPS) is 13.7. The predicted molar refractivity (Wildman–Crippen MR) is 110 cm³/mol. The van der Waals surface area contributed by atoms with E-state index in [0.717, 1.165) is 16.5 Å². The monoisotopic (exact) mass is 415 g/mol. The maximum atomic E-state index is 12.7. The van der Waals surface area contributed by atoms with Crippen molar-refractivity contribution in [3.05, 3.63) is 42.0 Å². The van der Waals surface area contributed by atoms with Gasteiger partial charge in [0.15, 0.2) is 0 Å². The van der Waals surface area contributed by atoms with Crippen LogP contribution in [0.2, 0.25) is 0 Å². The number of amides is 3. The van der Waals surface area contributed by atoms with Gasteiger partial charge >= 0.3 is 5.97 Å². The zero-order valence-corrected chi connectivity index (χ0v) is 17.0. The first-order chi connectivity index (χ1) is 14.1. The Hall–Kier alpha value is -3.62. The van der Waals surface area contributed by atoms with Crippen molar-refractivity contribution in [1.82, 2.24) is 10.6 Å². The van der Waals surface area contributed by atoms with Gasteiger partial charge in [-0.15, -0.1) is 0 Å². The summed E-state index contributed by atoms with van der Waals surface area (Å²) in [6.45, 7) is 2.94. The number of fused-ring (bicyclic) bond motifs is 1. The Labute approximate surface area is 173 Å². The number of carbonyl (C=O) groups is 4. The highest BCUT2D eigenvalue weighted by Crippen LogP contribution is 2.25. The van der Waals surface area contributed by atoms with E-state index < -0.39 is 48.1 Å². The van der Waals surface area contributed by atoms with E-state index in [-0.39, 0.29) is 0 Å². The smallest absolute Gasteiger partial charge is 0.325 e. The number of nitrogens with one attached hydrogen (secondary N) is 2. The van der Waals surface area contributed by atoms with Crippen LogP contribution in [0.4, 0.5) is 0 Å². The summed E-state index contributed by atoms with van der Waals surface area (Å²) >= 11 is 0. The minimum Gasteiger partial charge on any atom is -0.497 e. The largest absolute Gasteiger partial charge is 0.497 e. The summed E-state index contributed by atoms with van der Waals surface area (Å²) in [6, 6.07) is 8.62. The van der Waals surface area contributed by atoms with Gasteiger partial charge in [0.25, 0.3) is 0 Å². The van der Waals surface area contributed by atoms with E-state index in [9.17, 15) is 19.2 Å². The van der Waals surface area contributed by atoms with Gasteiger partial charge in [0.05, 0.1) is 19.4 Å². The first kappa shape index (κ1) is 22.7. The molecular formula is C21H25N3O6. The maximum absolute atomic E-state index is 12.7. The van der Waals surface area contributed by atoms with Gasteiger partial charge < -0.3 is 26.2 Å². The molecule has 0 radical (unpaired) electrons. The van der Waals surface area contributed by atoms with Gasteiger partial charge in [0, 0.05) is 0 Å². The molecule has 0 bridgehead atoms. The molecule has 0 aliphatic carbocycles. The Balaban J connectivity index is 2.17. The fourth-order valence-corrected chi connectivity index (χ4v) is 2.87. The topological polar surface area (TPSA) is 148 Å². The summed E-state index contributed by atoms with van der Waals surface area (Å²) < 4.78 is 5.20. The number of carboxylic acids is 1. The summed E-state index contributed by atoms with van der Waals surface area (Å²) in [7, 11) is 1.58. The van der Waals surface area contributed by atoms with Gasteiger partial charge in [0.2, 0.25) is 17.7 Å². The van der Waals surface area contributed by atoms with E-state index in [2.05, 4.69) is 10.6 Å². The Kier molecular flexibility index (Phi) is 7.35. The highest BCUT2D eigenvalue weighted by molar-refractivity contribution is 5.95. The number of carboxylic acid groups (broad SMARTS) is 1. The molecule has 0 heterocycles. The van der Waals surface area contributed by atoms with Crippen LogP contribution in [0.3, 0.4) is 0 Å². The van der Waals surface area contributed by atoms with E-state index in [1.165, 1.54) is 6.92 Å². The molecule has 0 aliphatic heterocycles. The van der Waals surface area contributed by atoms with Crippen molar-refractivity contribution < 1.29 is 29.0 Å². The Morgan fingerprint density at radius 3 is 2.23 bits per heavy atom. The fourth-order valence-electron chi connectivity index (χ4n) is 2.87. The molecule has 3 amide bonds. The second-order valence-corrected chi connectivity index (χ2v) is 6.99. The van der Waals surface area contributed by atoms with Crippen molar-refractivity contribution in [3.63, 3.8) is 0 Å². The van der Waals surface area contributed by atoms with E-state index in [4.69, 9.17) is 15.6 Å². The summed E-state index contributed by atoms with van der Waals surface area (Å²) in [5, 5.41) is 15.5. The number of benzene rings is 2. The Morgan fingerprint density at radius 2 is 1.63 bits per heavy atom. The molecule has 2 rings (SSSR count). The predicted octanol–water partition coefficient (Wildman–Crippen LogP) is 0.901. The van der Waals surface area contributed by atoms with Crippen molar-refractivity contribution in [2.45, 2.75) is 38.3 Å². The quantitative estimate of drug-likeness (QED) is 0.478. The van der Waals surface area contributed by atoms with E-state index in [1.54, 1.807) is 20.1 Å². The number of ether oxygens (including phenoxy) is 1. The number of hydrogen-bond acceptors (Lipinski definition) is 5. The molecule has 0 aromatic heterocycles. The first-order valence-corrected chi connectivity index (χ1v) is 9.32. The fraction of sp³-hybridized carbons (Fsp3) is 0.333. The summed E-state index contributed by atoms with van der Waals surface area (Å²) in [5.41, 5.74) is 5.88. The van der Waals surface area contributed by atoms with Crippen LogP contribution in [0.1, 0.15) is 31.7 Å². The van der Waals surface area contributed by atoms with Crippen LogP contribution in [0.15, 0.2) is 36.4 Å². The van der Waals surface area contributed by atoms with Crippen LogP contribution < -0.4 is 21.1 Å². The maximum Gasteiger partial charge on any atom is 0.325 e.